The zero-order chi connectivity index (χ0) is 39.9. The predicted molar refractivity (Wildman–Crippen MR) is 216 cm³/mol. The SMILES string of the molecule is CC1CN(c2nc(Cc3ccc(F)cc3)ns2)CCN1C(=O)c1ccc(F)cc1.CC1CN(c2nc(Cc3ccc(F)cc3)ns2)CCN1C(=O)c1ccccc1. The minimum Gasteiger partial charge on any atom is -0.343 e. The van der Waals surface area contributed by atoms with Crippen LogP contribution in [0.1, 0.15) is 57.3 Å². The molecule has 0 radical (unpaired) electrons. The lowest BCUT2D eigenvalue weighted by atomic mass is 10.1. The maximum absolute atomic E-state index is 13.1. The van der Waals surface area contributed by atoms with Gasteiger partial charge in [-0.3, -0.25) is 9.59 Å². The molecule has 2 unspecified atom stereocenters. The molecule has 2 saturated heterocycles. The van der Waals surface area contributed by atoms with Gasteiger partial charge in [-0.2, -0.15) is 8.75 Å². The molecule has 0 aliphatic carbocycles. The van der Waals surface area contributed by atoms with Gasteiger partial charge in [0.2, 0.25) is 10.3 Å². The highest BCUT2D eigenvalue weighted by Crippen LogP contribution is 2.25. The molecule has 0 bridgehead atoms. The molecular formula is C42H41F3N8O2S2. The monoisotopic (exact) mass is 810 g/mol. The Kier molecular flexibility index (Phi) is 12.5. The van der Waals surface area contributed by atoms with Crippen molar-refractivity contribution in [3.63, 3.8) is 0 Å². The summed E-state index contributed by atoms with van der Waals surface area (Å²) < 4.78 is 48.1. The van der Waals surface area contributed by atoms with Crippen molar-refractivity contribution >= 4 is 45.1 Å². The Balaban J connectivity index is 0.000000174. The summed E-state index contributed by atoms with van der Waals surface area (Å²) in [4.78, 5) is 42.8. The average Bonchev–Trinajstić information content (AvgIpc) is 3.90. The largest absolute Gasteiger partial charge is 0.343 e. The average molecular weight is 811 g/mol. The van der Waals surface area contributed by atoms with Crippen molar-refractivity contribution in [3.05, 3.63) is 154 Å². The summed E-state index contributed by atoms with van der Waals surface area (Å²) >= 11 is 2.71. The number of aromatic nitrogens is 4. The van der Waals surface area contributed by atoms with E-state index in [0.717, 1.165) is 45.9 Å². The summed E-state index contributed by atoms with van der Waals surface area (Å²) in [6, 6.07) is 27.9. The lowest BCUT2D eigenvalue weighted by Gasteiger charge is -2.39. The van der Waals surface area contributed by atoms with E-state index in [2.05, 4.69) is 35.4 Å². The van der Waals surface area contributed by atoms with E-state index in [1.807, 2.05) is 47.1 Å². The van der Waals surface area contributed by atoms with Crippen LogP contribution in [0, 0.1) is 17.5 Å². The fourth-order valence-corrected chi connectivity index (χ4v) is 8.27. The van der Waals surface area contributed by atoms with Crippen LogP contribution in [0.3, 0.4) is 0 Å². The number of benzene rings is 4. The number of nitrogens with zero attached hydrogens (tertiary/aromatic N) is 8. The van der Waals surface area contributed by atoms with Crippen molar-refractivity contribution in [1.29, 1.82) is 0 Å². The molecule has 4 aromatic carbocycles. The summed E-state index contributed by atoms with van der Waals surface area (Å²) in [5, 5.41) is 1.69. The molecule has 2 atom stereocenters. The Bertz CT molecular complexity index is 2260. The maximum atomic E-state index is 13.1. The lowest BCUT2D eigenvalue weighted by molar-refractivity contribution is 0.0666. The van der Waals surface area contributed by atoms with Crippen LogP contribution in [0.5, 0.6) is 0 Å². The van der Waals surface area contributed by atoms with Crippen LogP contribution in [-0.2, 0) is 12.8 Å². The van der Waals surface area contributed by atoms with E-state index in [1.54, 1.807) is 24.3 Å². The number of carbonyl (C=O) groups is 2. The third-order valence-electron chi connectivity index (χ3n) is 9.90. The molecule has 0 spiro atoms. The van der Waals surface area contributed by atoms with Crippen molar-refractivity contribution < 1.29 is 22.8 Å². The third kappa shape index (κ3) is 10.0. The van der Waals surface area contributed by atoms with Crippen molar-refractivity contribution in [2.45, 2.75) is 38.8 Å². The normalized spacial score (nSPS) is 16.9. The first-order chi connectivity index (χ1) is 27.6. The minimum absolute atomic E-state index is 0.00856. The maximum Gasteiger partial charge on any atom is 0.254 e. The highest BCUT2D eigenvalue weighted by atomic mass is 32.1. The van der Waals surface area contributed by atoms with Gasteiger partial charge in [0.15, 0.2) is 0 Å². The fourth-order valence-electron chi connectivity index (χ4n) is 6.83. The Hall–Kier alpha value is -5.67. The molecule has 6 aromatic rings. The van der Waals surface area contributed by atoms with E-state index in [9.17, 15) is 22.8 Å². The van der Waals surface area contributed by atoms with Crippen molar-refractivity contribution in [2.75, 3.05) is 49.1 Å². The van der Waals surface area contributed by atoms with Crippen LogP contribution in [-0.4, -0.2) is 91.7 Å². The summed E-state index contributed by atoms with van der Waals surface area (Å²) in [5.41, 5.74) is 3.15. The standard InChI is InChI=1S/C21H20F2N4OS.C21H21FN4OS/c1-14-13-26(10-11-27(14)20(28)16-4-8-18(23)9-5-16)21-24-19(25-29-21)12-15-2-6-17(22)7-3-15;1-15-14-25(11-12-26(15)20(27)17-5-3-2-4-6-17)21-23-19(24-28-21)13-16-7-9-18(22)10-8-16/h2-9,14H,10-13H2,1H3;2-10,15H,11-14H2,1H3. The topological polar surface area (TPSA) is 98.7 Å². The molecule has 15 heteroatoms. The molecule has 294 valence electrons. The van der Waals surface area contributed by atoms with E-state index < -0.39 is 0 Å². The quantitative estimate of drug-likeness (QED) is 0.157. The predicted octanol–water partition coefficient (Wildman–Crippen LogP) is 7.38. The molecule has 2 aliphatic rings. The fraction of sp³-hybridized carbons (Fsp3) is 0.286. The summed E-state index contributed by atoms with van der Waals surface area (Å²) in [5.74, 6) is 0.562. The first-order valence-corrected chi connectivity index (χ1v) is 20.2. The Morgan fingerprint density at radius 3 is 1.35 bits per heavy atom. The van der Waals surface area contributed by atoms with Crippen molar-refractivity contribution in [2.24, 2.45) is 0 Å². The third-order valence-corrected chi connectivity index (χ3v) is 11.5. The van der Waals surface area contributed by atoms with Crippen LogP contribution < -0.4 is 9.80 Å². The molecule has 4 heterocycles. The van der Waals surface area contributed by atoms with Gasteiger partial charge in [-0.05, 0) is 85.6 Å². The number of hydrogen-bond acceptors (Lipinski definition) is 10. The number of amides is 2. The van der Waals surface area contributed by atoms with Crippen molar-refractivity contribution in [1.82, 2.24) is 28.5 Å². The molecule has 0 saturated carbocycles. The van der Waals surface area contributed by atoms with Gasteiger partial charge < -0.3 is 19.6 Å². The van der Waals surface area contributed by atoms with Crippen LogP contribution in [0.2, 0.25) is 0 Å². The van der Waals surface area contributed by atoms with Gasteiger partial charge in [0.1, 0.15) is 29.1 Å². The molecular weight excluding hydrogens is 770 g/mol. The smallest absolute Gasteiger partial charge is 0.254 e. The van der Waals surface area contributed by atoms with Gasteiger partial charge >= 0.3 is 0 Å². The van der Waals surface area contributed by atoms with Gasteiger partial charge in [-0.15, -0.1) is 0 Å². The number of anilines is 2. The van der Waals surface area contributed by atoms with Crippen LogP contribution in [0.4, 0.5) is 23.4 Å². The second kappa shape index (κ2) is 18.1. The second-order valence-corrected chi connectivity index (χ2v) is 15.5. The molecule has 2 aliphatic heterocycles. The zero-order valence-corrected chi connectivity index (χ0v) is 33.1. The molecule has 2 amide bonds. The van der Waals surface area contributed by atoms with Crippen molar-refractivity contribution in [3.8, 4) is 0 Å². The Morgan fingerprint density at radius 2 is 0.947 bits per heavy atom. The molecule has 8 rings (SSSR count). The molecule has 2 aromatic heterocycles. The lowest BCUT2D eigenvalue weighted by Crippen LogP contribution is -2.54. The number of carbonyl (C=O) groups excluding carboxylic acids is 2. The van der Waals surface area contributed by atoms with Gasteiger partial charge in [0.25, 0.3) is 11.8 Å². The van der Waals surface area contributed by atoms with Crippen LogP contribution in [0.15, 0.2) is 103 Å². The molecule has 10 nitrogen and oxygen atoms in total. The first-order valence-electron chi connectivity index (χ1n) is 18.7. The summed E-state index contributed by atoms with van der Waals surface area (Å²) in [7, 11) is 0. The number of hydrogen-bond donors (Lipinski definition) is 0. The molecule has 0 N–H and O–H groups in total. The summed E-state index contributed by atoms with van der Waals surface area (Å²) in [6.07, 6.45) is 1.13. The van der Waals surface area contributed by atoms with Gasteiger partial charge in [0, 0.05) is 98.4 Å². The minimum atomic E-state index is -0.355. The van der Waals surface area contributed by atoms with Crippen LogP contribution >= 0.6 is 23.1 Å². The second-order valence-electron chi connectivity index (χ2n) is 14.1. The van der Waals surface area contributed by atoms with E-state index in [0.29, 0.717) is 50.4 Å². The molecule has 57 heavy (non-hydrogen) atoms. The zero-order valence-electron chi connectivity index (χ0n) is 31.5. The van der Waals surface area contributed by atoms with Gasteiger partial charge in [-0.25, -0.2) is 23.1 Å². The first kappa shape index (κ1) is 39.6. The van der Waals surface area contributed by atoms with Crippen LogP contribution in [0.25, 0.3) is 0 Å². The molecule has 2 fully saturated rings. The Morgan fingerprint density at radius 1 is 0.561 bits per heavy atom. The van der Waals surface area contributed by atoms with E-state index in [-0.39, 0.29) is 41.3 Å². The summed E-state index contributed by atoms with van der Waals surface area (Å²) in [6.45, 7) is 8.03. The number of rotatable bonds is 8. The number of piperazine rings is 2. The van der Waals surface area contributed by atoms with Gasteiger partial charge in [0.05, 0.1) is 0 Å². The van der Waals surface area contributed by atoms with E-state index in [4.69, 9.17) is 0 Å². The highest BCUT2D eigenvalue weighted by Gasteiger charge is 2.31. The van der Waals surface area contributed by atoms with E-state index in [1.165, 1.54) is 71.6 Å². The van der Waals surface area contributed by atoms with E-state index >= 15 is 0 Å². The van der Waals surface area contributed by atoms with Gasteiger partial charge in [-0.1, -0.05) is 42.5 Å². The Labute approximate surface area is 337 Å². The highest BCUT2D eigenvalue weighted by molar-refractivity contribution is 7.10. The number of halogens is 3.